The molecule has 1 saturated heterocycles. The van der Waals surface area contributed by atoms with Crippen LogP contribution in [0.3, 0.4) is 0 Å². The quantitative estimate of drug-likeness (QED) is 0.620. The maximum atomic E-state index is 12.6. The summed E-state index contributed by atoms with van der Waals surface area (Å²) in [5, 5.41) is 11.0. The minimum absolute atomic E-state index is 0.115. The van der Waals surface area contributed by atoms with Gasteiger partial charge in [-0.25, -0.2) is 0 Å². The first-order valence-corrected chi connectivity index (χ1v) is 8.05. The third kappa shape index (κ3) is 3.32. The SMILES string of the molecule is O=C(CN1C(=O)COc2ccc([N+](=O)[O-])cc21)N1CCCCCC1. The molecule has 1 aromatic carbocycles. The van der Waals surface area contributed by atoms with E-state index in [1.54, 1.807) is 4.90 Å². The third-order valence-corrected chi connectivity index (χ3v) is 4.35. The fraction of sp³-hybridized carbons (Fsp3) is 0.500. The number of nitro groups is 1. The zero-order valence-corrected chi connectivity index (χ0v) is 13.3. The molecule has 8 heteroatoms. The molecule has 0 bridgehead atoms. The Labute approximate surface area is 139 Å². The molecule has 0 aliphatic carbocycles. The van der Waals surface area contributed by atoms with Crippen LogP contribution >= 0.6 is 0 Å². The standard InChI is InChI=1S/C16H19N3O5/c20-15(17-7-3-1-2-4-8-17)10-18-13-9-12(19(22)23)5-6-14(13)24-11-16(18)21/h5-6,9H,1-4,7-8,10-11H2. The monoisotopic (exact) mass is 333 g/mol. The van der Waals surface area contributed by atoms with Crippen LogP contribution in [-0.2, 0) is 9.59 Å². The Balaban J connectivity index is 1.82. The molecule has 0 radical (unpaired) electrons. The lowest BCUT2D eigenvalue weighted by molar-refractivity contribution is -0.384. The molecule has 1 fully saturated rings. The summed E-state index contributed by atoms with van der Waals surface area (Å²) in [5.74, 6) is -0.125. The Morgan fingerprint density at radius 2 is 1.92 bits per heavy atom. The van der Waals surface area contributed by atoms with Gasteiger partial charge in [-0.3, -0.25) is 24.6 Å². The van der Waals surface area contributed by atoms with Crippen molar-refractivity contribution in [3.05, 3.63) is 28.3 Å². The van der Waals surface area contributed by atoms with Crippen molar-refractivity contribution in [2.75, 3.05) is 31.1 Å². The molecular formula is C16H19N3O5. The van der Waals surface area contributed by atoms with Crippen LogP contribution in [0.4, 0.5) is 11.4 Å². The van der Waals surface area contributed by atoms with Gasteiger partial charge in [0.1, 0.15) is 12.3 Å². The molecule has 1 aromatic rings. The van der Waals surface area contributed by atoms with Crippen LogP contribution in [0.2, 0.25) is 0 Å². The first-order chi connectivity index (χ1) is 11.6. The van der Waals surface area contributed by atoms with Gasteiger partial charge in [0.2, 0.25) is 5.91 Å². The summed E-state index contributed by atoms with van der Waals surface area (Å²) in [6, 6.07) is 4.06. The minimum Gasteiger partial charge on any atom is -0.482 e. The van der Waals surface area contributed by atoms with E-state index in [1.165, 1.54) is 23.1 Å². The number of fused-ring (bicyclic) bond motifs is 1. The molecule has 0 unspecified atom stereocenters. The van der Waals surface area contributed by atoms with Crippen molar-refractivity contribution in [3.8, 4) is 5.75 Å². The van der Waals surface area contributed by atoms with Crippen molar-refractivity contribution in [2.24, 2.45) is 0 Å². The first kappa shape index (κ1) is 16.2. The fourth-order valence-corrected chi connectivity index (χ4v) is 3.03. The van der Waals surface area contributed by atoms with Gasteiger partial charge >= 0.3 is 0 Å². The van der Waals surface area contributed by atoms with E-state index >= 15 is 0 Å². The molecule has 0 atom stereocenters. The number of hydrogen-bond donors (Lipinski definition) is 0. The minimum atomic E-state index is -0.534. The van der Waals surface area contributed by atoms with Crippen molar-refractivity contribution in [3.63, 3.8) is 0 Å². The van der Waals surface area contributed by atoms with E-state index in [9.17, 15) is 19.7 Å². The predicted molar refractivity (Wildman–Crippen MR) is 86.0 cm³/mol. The number of hydrogen-bond acceptors (Lipinski definition) is 5. The summed E-state index contributed by atoms with van der Waals surface area (Å²) in [5.41, 5.74) is 0.142. The van der Waals surface area contributed by atoms with E-state index in [4.69, 9.17) is 4.74 Å². The maximum Gasteiger partial charge on any atom is 0.271 e. The Morgan fingerprint density at radius 3 is 2.58 bits per heavy atom. The highest BCUT2D eigenvalue weighted by atomic mass is 16.6. The Hall–Kier alpha value is -2.64. The molecule has 2 aliphatic rings. The summed E-state index contributed by atoms with van der Waals surface area (Å²) in [4.78, 5) is 38.2. The lowest BCUT2D eigenvalue weighted by Gasteiger charge is -2.30. The molecule has 2 amide bonds. The molecule has 2 heterocycles. The summed E-state index contributed by atoms with van der Waals surface area (Å²) in [6.07, 6.45) is 4.14. The van der Waals surface area contributed by atoms with Gasteiger partial charge in [-0.2, -0.15) is 0 Å². The number of non-ortho nitro benzene ring substituents is 1. The van der Waals surface area contributed by atoms with E-state index < -0.39 is 4.92 Å². The fourth-order valence-electron chi connectivity index (χ4n) is 3.03. The second-order valence-electron chi connectivity index (χ2n) is 5.97. The second-order valence-corrected chi connectivity index (χ2v) is 5.97. The molecule has 0 saturated carbocycles. The van der Waals surface area contributed by atoms with Crippen LogP contribution in [0.25, 0.3) is 0 Å². The Morgan fingerprint density at radius 1 is 1.21 bits per heavy atom. The highest BCUT2D eigenvalue weighted by Crippen LogP contribution is 2.35. The number of benzene rings is 1. The zero-order valence-electron chi connectivity index (χ0n) is 13.3. The zero-order chi connectivity index (χ0) is 17.1. The van der Waals surface area contributed by atoms with Crippen LogP contribution in [0.15, 0.2) is 18.2 Å². The van der Waals surface area contributed by atoms with Crippen LogP contribution in [0.5, 0.6) is 5.75 Å². The van der Waals surface area contributed by atoms with Gasteiger partial charge in [0.15, 0.2) is 6.61 Å². The summed E-state index contributed by atoms with van der Waals surface area (Å²) in [7, 11) is 0. The van der Waals surface area contributed by atoms with Gasteiger partial charge in [-0.15, -0.1) is 0 Å². The lowest BCUT2D eigenvalue weighted by Crippen LogP contribution is -2.46. The number of likely N-dealkylation sites (tertiary alicyclic amines) is 1. The number of amides is 2. The second kappa shape index (κ2) is 6.86. The van der Waals surface area contributed by atoms with Crippen molar-refractivity contribution in [2.45, 2.75) is 25.7 Å². The average molecular weight is 333 g/mol. The highest BCUT2D eigenvalue weighted by Gasteiger charge is 2.30. The largest absolute Gasteiger partial charge is 0.482 e. The molecule has 0 spiro atoms. The normalized spacial score (nSPS) is 17.8. The molecule has 0 aromatic heterocycles. The average Bonchev–Trinajstić information content (AvgIpc) is 2.86. The van der Waals surface area contributed by atoms with E-state index in [2.05, 4.69) is 0 Å². The molecule has 0 N–H and O–H groups in total. The lowest BCUT2D eigenvalue weighted by atomic mass is 10.2. The van der Waals surface area contributed by atoms with E-state index in [0.29, 0.717) is 18.8 Å². The predicted octanol–water partition coefficient (Wildman–Crippen LogP) is 1.72. The number of carbonyl (C=O) groups excluding carboxylic acids is 2. The third-order valence-electron chi connectivity index (χ3n) is 4.35. The molecular weight excluding hydrogens is 314 g/mol. The smallest absolute Gasteiger partial charge is 0.271 e. The van der Waals surface area contributed by atoms with Gasteiger partial charge < -0.3 is 9.64 Å². The van der Waals surface area contributed by atoms with Crippen LogP contribution in [0.1, 0.15) is 25.7 Å². The van der Waals surface area contributed by atoms with Gasteiger partial charge in [0.25, 0.3) is 11.6 Å². The molecule has 3 rings (SSSR count). The Bertz CT molecular complexity index is 668. The van der Waals surface area contributed by atoms with E-state index in [1.807, 2.05) is 0 Å². The van der Waals surface area contributed by atoms with Crippen LogP contribution in [-0.4, -0.2) is 47.9 Å². The van der Waals surface area contributed by atoms with Crippen molar-refractivity contribution >= 4 is 23.2 Å². The van der Waals surface area contributed by atoms with Crippen molar-refractivity contribution < 1.29 is 19.2 Å². The van der Waals surface area contributed by atoms with Gasteiger partial charge in [-0.1, -0.05) is 12.8 Å². The van der Waals surface area contributed by atoms with E-state index in [-0.39, 0.29) is 36.3 Å². The number of ether oxygens (including phenoxy) is 1. The van der Waals surface area contributed by atoms with Crippen LogP contribution < -0.4 is 9.64 Å². The molecule has 24 heavy (non-hydrogen) atoms. The number of nitrogens with zero attached hydrogens (tertiary/aromatic N) is 3. The molecule has 128 valence electrons. The topological polar surface area (TPSA) is 93.0 Å². The molecule has 8 nitrogen and oxygen atoms in total. The van der Waals surface area contributed by atoms with Crippen molar-refractivity contribution in [1.82, 2.24) is 4.90 Å². The Kier molecular flexibility index (Phi) is 4.64. The number of nitro benzene ring substituents is 1. The molecule has 2 aliphatic heterocycles. The van der Waals surface area contributed by atoms with Gasteiger partial charge in [0.05, 0.1) is 10.6 Å². The highest BCUT2D eigenvalue weighted by molar-refractivity contribution is 6.02. The summed E-state index contributed by atoms with van der Waals surface area (Å²) >= 11 is 0. The number of anilines is 1. The summed E-state index contributed by atoms with van der Waals surface area (Å²) < 4.78 is 5.31. The van der Waals surface area contributed by atoms with Crippen LogP contribution in [0, 0.1) is 10.1 Å². The van der Waals surface area contributed by atoms with Gasteiger partial charge in [-0.05, 0) is 18.9 Å². The summed E-state index contributed by atoms with van der Waals surface area (Å²) in [6.45, 7) is 1.10. The van der Waals surface area contributed by atoms with Gasteiger partial charge in [0, 0.05) is 25.2 Å². The van der Waals surface area contributed by atoms with Crippen molar-refractivity contribution in [1.29, 1.82) is 0 Å². The van der Waals surface area contributed by atoms with E-state index in [0.717, 1.165) is 25.7 Å². The maximum absolute atomic E-state index is 12.6. The number of carbonyl (C=O) groups is 2. The number of rotatable bonds is 3. The first-order valence-electron chi connectivity index (χ1n) is 8.05.